The maximum atomic E-state index is 12.9. The van der Waals surface area contributed by atoms with E-state index in [4.69, 9.17) is 0 Å². The summed E-state index contributed by atoms with van der Waals surface area (Å²) in [6.45, 7) is 2.47. The highest BCUT2D eigenvalue weighted by atomic mass is 79.9. The first kappa shape index (κ1) is 15.1. The predicted molar refractivity (Wildman–Crippen MR) is 86.9 cm³/mol. The standard InChI is InChI=1S/C14H15BrN2O2S2/c1-10-8-13(20-14(10)15)21(18,19)17-7-3-5-12(17)11-4-2-6-16-9-11/h2,4,6,8-9,12H,3,5,7H2,1H3. The summed E-state index contributed by atoms with van der Waals surface area (Å²) in [5, 5.41) is 0. The number of rotatable bonds is 3. The SMILES string of the molecule is Cc1cc(S(=O)(=O)N2CCCC2c2cccnc2)sc1Br. The number of hydrogen-bond donors (Lipinski definition) is 0. The molecule has 0 spiro atoms. The number of aryl methyl sites for hydroxylation is 1. The van der Waals surface area contributed by atoms with Crippen LogP contribution in [0.4, 0.5) is 0 Å². The lowest BCUT2D eigenvalue weighted by Gasteiger charge is -2.23. The molecule has 1 aliphatic rings. The van der Waals surface area contributed by atoms with Crippen LogP contribution in [-0.4, -0.2) is 24.3 Å². The van der Waals surface area contributed by atoms with Crippen LogP contribution in [0.25, 0.3) is 0 Å². The van der Waals surface area contributed by atoms with Gasteiger partial charge < -0.3 is 0 Å². The number of sulfonamides is 1. The van der Waals surface area contributed by atoms with Crippen molar-refractivity contribution in [3.8, 4) is 0 Å². The molecule has 1 aliphatic heterocycles. The lowest BCUT2D eigenvalue weighted by atomic mass is 10.1. The van der Waals surface area contributed by atoms with Crippen molar-refractivity contribution in [3.63, 3.8) is 0 Å². The van der Waals surface area contributed by atoms with E-state index in [2.05, 4.69) is 20.9 Å². The van der Waals surface area contributed by atoms with Gasteiger partial charge in [0.15, 0.2) is 0 Å². The average Bonchev–Trinajstić information content (AvgIpc) is 3.08. The Bertz CT molecular complexity index is 724. The third kappa shape index (κ3) is 2.79. The molecule has 1 saturated heterocycles. The van der Waals surface area contributed by atoms with Gasteiger partial charge in [0.2, 0.25) is 0 Å². The molecule has 0 bridgehead atoms. The van der Waals surface area contributed by atoms with E-state index in [1.165, 1.54) is 11.3 Å². The summed E-state index contributed by atoms with van der Waals surface area (Å²) in [6.07, 6.45) is 5.19. The van der Waals surface area contributed by atoms with Gasteiger partial charge in [-0.15, -0.1) is 11.3 Å². The fraction of sp³-hybridized carbons (Fsp3) is 0.357. The molecular weight excluding hydrogens is 372 g/mol. The van der Waals surface area contributed by atoms with Crippen LogP contribution in [0.1, 0.15) is 30.0 Å². The van der Waals surface area contributed by atoms with Gasteiger partial charge in [-0.25, -0.2) is 8.42 Å². The molecule has 3 heterocycles. The highest BCUT2D eigenvalue weighted by Gasteiger charge is 2.37. The van der Waals surface area contributed by atoms with Gasteiger partial charge in [-0.2, -0.15) is 4.31 Å². The van der Waals surface area contributed by atoms with E-state index in [1.54, 1.807) is 22.8 Å². The Morgan fingerprint density at radius 3 is 2.90 bits per heavy atom. The highest BCUT2D eigenvalue weighted by Crippen LogP contribution is 2.39. The van der Waals surface area contributed by atoms with Gasteiger partial charge in [-0.05, 0) is 59.0 Å². The van der Waals surface area contributed by atoms with Gasteiger partial charge >= 0.3 is 0 Å². The zero-order chi connectivity index (χ0) is 15.0. The highest BCUT2D eigenvalue weighted by molar-refractivity contribution is 9.11. The van der Waals surface area contributed by atoms with Crippen molar-refractivity contribution in [2.75, 3.05) is 6.54 Å². The second kappa shape index (κ2) is 5.79. The van der Waals surface area contributed by atoms with E-state index in [-0.39, 0.29) is 6.04 Å². The van der Waals surface area contributed by atoms with E-state index < -0.39 is 10.0 Å². The van der Waals surface area contributed by atoms with Crippen LogP contribution in [0, 0.1) is 6.92 Å². The molecule has 7 heteroatoms. The zero-order valence-corrected chi connectivity index (χ0v) is 14.7. The minimum Gasteiger partial charge on any atom is -0.264 e. The third-order valence-corrected chi connectivity index (χ3v) is 8.16. The maximum Gasteiger partial charge on any atom is 0.253 e. The molecule has 0 amide bonds. The number of pyridine rings is 1. The first-order valence-corrected chi connectivity index (χ1v) is 9.73. The molecule has 1 fully saturated rings. The lowest BCUT2D eigenvalue weighted by molar-refractivity contribution is 0.397. The molecule has 0 N–H and O–H groups in total. The predicted octanol–water partition coefficient (Wildman–Crippen LogP) is 3.74. The number of aromatic nitrogens is 1. The summed E-state index contributed by atoms with van der Waals surface area (Å²) in [4.78, 5) is 4.11. The Morgan fingerprint density at radius 2 is 2.29 bits per heavy atom. The van der Waals surface area contributed by atoms with Crippen LogP contribution in [-0.2, 0) is 10.0 Å². The first-order chi connectivity index (χ1) is 10.00. The Morgan fingerprint density at radius 1 is 1.48 bits per heavy atom. The van der Waals surface area contributed by atoms with Crippen molar-refractivity contribution in [1.82, 2.24) is 9.29 Å². The monoisotopic (exact) mass is 386 g/mol. The van der Waals surface area contributed by atoms with Gasteiger partial charge in [0.05, 0.1) is 9.83 Å². The van der Waals surface area contributed by atoms with E-state index in [0.29, 0.717) is 10.8 Å². The Kier molecular flexibility index (Phi) is 4.18. The molecule has 2 aromatic rings. The van der Waals surface area contributed by atoms with Crippen LogP contribution in [0.2, 0.25) is 0 Å². The first-order valence-electron chi connectivity index (χ1n) is 6.68. The third-order valence-electron chi connectivity index (χ3n) is 3.67. The second-order valence-electron chi connectivity index (χ2n) is 5.08. The van der Waals surface area contributed by atoms with Gasteiger partial charge in [0.1, 0.15) is 4.21 Å². The molecule has 0 aromatic carbocycles. The quantitative estimate of drug-likeness (QED) is 0.806. The van der Waals surface area contributed by atoms with Crippen molar-refractivity contribution in [2.24, 2.45) is 0 Å². The van der Waals surface area contributed by atoms with Crippen molar-refractivity contribution >= 4 is 37.3 Å². The van der Waals surface area contributed by atoms with Crippen LogP contribution in [0.5, 0.6) is 0 Å². The van der Waals surface area contributed by atoms with Gasteiger partial charge in [0, 0.05) is 18.9 Å². The van der Waals surface area contributed by atoms with Gasteiger partial charge in [-0.3, -0.25) is 4.98 Å². The zero-order valence-electron chi connectivity index (χ0n) is 11.5. The summed E-state index contributed by atoms with van der Waals surface area (Å²) in [5.41, 5.74) is 1.92. The molecule has 1 unspecified atom stereocenters. The molecule has 4 nitrogen and oxygen atoms in total. The van der Waals surface area contributed by atoms with Crippen molar-refractivity contribution < 1.29 is 8.42 Å². The van der Waals surface area contributed by atoms with E-state index >= 15 is 0 Å². The van der Waals surface area contributed by atoms with Crippen LogP contribution >= 0.6 is 27.3 Å². The minimum absolute atomic E-state index is 0.107. The Labute approximate surface area is 137 Å². The van der Waals surface area contributed by atoms with Gasteiger partial charge in [0.25, 0.3) is 10.0 Å². The molecule has 3 rings (SSSR count). The Hall–Kier alpha value is -0.760. The fourth-order valence-corrected chi connectivity index (χ4v) is 6.65. The van der Waals surface area contributed by atoms with Crippen molar-refractivity contribution in [1.29, 1.82) is 0 Å². The second-order valence-corrected chi connectivity index (χ2v) is 9.57. The smallest absolute Gasteiger partial charge is 0.253 e. The molecule has 2 aromatic heterocycles. The fourth-order valence-electron chi connectivity index (χ4n) is 2.61. The molecule has 21 heavy (non-hydrogen) atoms. The molecule has 0 radical (unpaired) electrons. The van der Waals surface area contributed by atoms with Crippen LogP contribution in [0.3, 0.4) is 0 Å². The minimum atomic E-state index is -3.44. The summed E-state index contributed by atoms with van der Waals surface area (Å²) in [6, 6.07) is 5.43. The van der Waals surface area contributed by atoms with E-state index in [9.17, 15) is 8.42 Å². The number of nitrogens with zero attached hydrogens (tertiary/aromatic N) is 2. The largest absolute Gasteiger partial charge is 0.264 e. The molecule has 0 aliphatic carbocycles. The van der Waals surface area contributed by atoms with Crippen molar-refractivity contribution in [2.45, 2.75) is 30.0 Å². The summed E-state index contributed by atoms with van der Waals surface area (Å²) < 4.78 is 28.6. The molecular formula is C14H15BrN2O2S2. The Balaban J connectivity index is 1.98. The maximum absolute atomic E-state index is 12.9. The van der Waals surface area contributed by atoms with Gasteiger partial charge in [-0.1, -0.05) is 6.07 Å². The topological polar surface area (TPSA) is 50.3 Å². The van der Waals surface area contributed by atoms with E-state index in [0.717, 1.165) is 27.8 Å². The van der Waals surface area contributed by atoms with Crippen LogP contribution in [0.15, 0.2) is 38.6 Å². The molecule has 1 atom stereocenters. The number of hydrogen-bond acceptors (Lipinski definition) is 4. The molecule has 112 valence electrons. The number of thiophene rings is 1. The number of halogens is 1. The van der Waals surface area contributed by atoms with E-state index in [1.807, 2.05) is 19.1 Å². The normalized spacial score (nSPS) is 20.0. The summed E-state index contributed by atoms with van der Waals surface area (Å²) in [7, 11) is -3.44. The average molecular weight is 387 g/mol. The molecule has 0 saturated carbocycles. The van der Waals surface area contributed by atoms with Crippen LogP contribution < -0.4 is 0 Å². The summed E-state index contributed by atoms with van der Waals surface area (Å²) >= 11 is 4.68. The summed E-state index contributed by atoms with van der Waals surface area (Å²) in [5.74, 6) is 0. The lowest BCUT2D eigenvalue weighted by Crippen LogP contribution is -2.30. The van der Waals surface area contributed by atoms with Crippen molar-refractivity contribution in [3.05, 3.63) is 45.5 Å².